The standard InChI is InChI=1S/C14H18N2O5/c1-8(2)16-5-4-15(12(17)13(16)18)7-10-6-9(3)11(21-10)14(19)20/h6,8H,4-5,7H2,1-3H3,(H,19,20). The van der Waals surface area contributed by atoms with Crippen molar-refractivity contribution in [2.45, 2.75) is 33.4 Å². The second-order valence-electron chi connectivity index (χ2n) is 5.35. The predicted molar refractivity (Wildman–Crippen MR) is 72.7 cm³/mol. The lowest BCUT2D eigenvalue weighted by atomic mass is 10.2. The molecule has 1 aromatic heterocycles. The molecule has 0 saturated carbocycles. The van der Waals surface area contributed by atoms with Gasteiger partial charge in [0.25, 0.3) is 0 Å². The van der Waals surface area contributed by atoms with Crippen LogP contribution in [0, 0.1) is 6.92 Å². The van der Waals surface area contributed by atoms with Crippen LogP contribution in [0.5, 0.6) is 0 Å². The number of rotatable bonds is 4. The number of furan rings is 1. The molecule has 7 nitrogen and oxygen atoms in total. The van der Waals surface area contributed by atoms with Crippen molar-refractivity contribution < 1.29 is 23.9 Å². The minimum absolute atomic E-state index is 0.0203. The molecule has 1 saturated heterocycles. The van der Waals surface area contributed by atoms with Gasteiger partial charge in [0.15, 0.2) is 0 Å². The largest absolute Gasteiger partial charge is 0.475 e. The Bertz CT molecular complexity index is 590. The van der Waals surface area contributed by atoms with Gasteiger partial charge >= 0.3 is 17.8 Å². The summed E-state index contributed by atoms with van der Waals surface area (Å²) >= 11 is 0. The van der Waals surface area contributed by atoms with Crippen LogP contribution in [0.25, 0.3) is 0 Å². The van der Waals surface area contributed by atoms with Crippen molar-refractivity contribution in [3.8, 4) is 0 Å². The van der Waals surface area contributed by atoms with Gasteiger partial charge in [0.1, 0.15) is 5.76 Å². The highest BCUT2D eigenvalue weighted by atomic mass is 16.4. The third-order valence-corrected chi connectivity index (χ3v) is 3.47. The SMILES string of the molecule is Cc1cc(CN2CCN(C(C)C)C(=O)C2=O)oc1C(=O)O. The first-order chi connectivity index (χ1) is 9.81. The fourth-order valence-corrected chi connectivity index (χ4v) is 2.36. The lowest BCUT2D eigenvalue weighted by Gasteiger charge is -2.35. The van der Waals surface area contributed by atoms with Crippen molar-refractivity contribution in [3.63, 3.8) is 0 Å². The number of amides is 2. The molecule has 2 amide bonds. The average molecular weight is 294 g/mol. The zero-order chi connectivity index (χ0) is 15.7. The van der Waals surface area contributed by atoms with E-state index in [1.54, 1.807) is 13.0 Å². The molecule has 2 heterocycles. The number of aromatic carboxylic acids is 1. The fraction of sp³-hybridized carbons (Fsp3) is 0.500. The van der Waals surface area contributed by atoms with E-state index in [-0.39, 0.29) is 18.3 Å². The van der Waals surface area contributed by atoms with Crippen molar-refractivity contribution in [1.82, 2.24) is 9.80 Å². The first-order valence-corrected chi connectivity index (χ1v) is 6.73. The second kappa shape index (κ2) is 5.59. The Kier molecular flexibility index (Phi) is 4.02. The van der Waals surface area contributed by atoms with E-state index in [0.29, 0.717) is 24.4 Å². The van der Waals surface area contributed by atoms with Crippen molar-refractivity contribution in [1.29, 1.82) is 0 Å². The van der Waals surface area contributed by atoms with Crippen LogP contribution in [0.2, 0.25) is 0 Å². The normalized spacial score (nSPS) is 16.0. The van der Waals surface area contributed by atoms with Gasteiger partial charge in [-0.15, -0.1) is 0 Å². The quantitative estimate of drug-likeness (QED) is 0.832. The van der Waals surface area contributed by atoms with Gasteiger partial charge in [0, 0.05) is 24.7 Å². The van der Waals surface area contributed by atoms with Crippen LogP contribution in [0.15, 0.2) is 10.5 Å². The smallest absolute Gasteiger partial charge is 0.372 e. The molecule has 7 heteroatoms. The molecule has 2 rings (SSSR count). The van der Waals surface area contributed by atoms with E-state index in [4.69, 9.17) is 9.52 Å². The molecular formula is C14H18N2O5. The molecule has 0 unspecified atom stereocenters. The van der Waals surface area contributed by atoms with E-state index < -0.39 is 17.8 Å². The molecule has 114 valence electrons. The molecule has 0 atom stereocenters. The lowest BCUT2D eigenvalue weighted by Crippen LogP contribution is -2.55. The Labute approximate surface area is 122 Å². The van der Waals surface area contributed by atoms with Gasteiger partial charge < -0.3 is 19.3 Å². The van der Waals surface area contributed by atoms with Gasteiger partial charge in [-0.05, 0) is 26.8 Å². The van der Waals surface area contributed by atoms with Crippen LogP contribution in [-0.2, 0) is 16.1 Å². The molecule has 21 heavy (non-hydrogen) atoms. The summed E-state index contributed by atoms with van der Waals surface area (Å²) < 4.78 is 5.22. The summed E-state index contributed by atoms with van der Waals surface area (Å²) in [6.45, 7) is 6.31. The van der Waals surface area contributed by atoms with Crippen molar-refractivity contribution in [3.05, 3.63) is 23.2 Å². The van der Waals surface area contributed by atoms with Crippen LogP contribution in [-0.4, -0.2) is 51.8 Å². The Morgan fingerprint density at radius 1 is 1.33 bits per heavy atom. The maximum Gasteiger partial charge on any atom is 0.372 e. The number of carboxylic acid groups (broad SMARTS) is 1. The summed E-state index contributed by atoms with van der Waals surface area (Å²) in [5, 5.41) is 8.94. The fourth-order valence-electron chi connectivity index (χ4n) is 2.36. The first kappa shape index (κ1) is 15.1. The second-order valence-corrected chi connectivity index (χ2v) is 5.35. The molecule has 0 aliphatic carbocycles. The summed E-state index contributed by atoms with van der Waals surface area (Å²) in [5.41, 5.74) is 0.497. The van der Waals surface area contributed by atoms with Crippen LogP contribution in [0.1, 0.15) is 35.7 Å². The summed E-state index contributed by atoms with van der Waals surface area (Å²) in [6.07, 6.45) is 0. The van der Waals surface area contributed by atoms with Crippen LogP contribution >= 0.6 is 0 Å². The van der Waals surface area contributed by atoms with Gasteiger partial charge in [-0.25, -0.2) is 4.79 Å². The van der Waals surface area contributed by atoms with Crippen LogP contribution in [0.4, 0.5) is 0 Å². The molecule has 1 aliphatic rings. The summed E-state index contributed by atoms with van der Waals surface area (Å²) in [7, 11) is 0. The van der Waals surface area contributed by atoms with Crippen molar-refractivity contribution in [2.24, 2.45) is 0 Å². The molecular weight excluding hydrogens is 276 g/mol. The lowest BCUT2D eigenvalue weighted by molar-refractivity contribution is -0.157. The summed E-state index contributed by atoms with van der Waals surface area (Å²) in [6, 6.07) is 1.56. The summed E-state index contributed by atoms with van der Waals surface area (Å²) in [4.78, 5) is 37.8. The number of carbonyl (C=O) groups is 3. The van der Waals surface area contributed by atoms with Gasteiger partial charge in [0.2, 0.25) is 5.76 Å². The topological polar surface area (TPSA) is 91.1 Å². The number of carbonyl (C=O) groups excluding carboxylic acids is 2. The number of nitrogens with zero attached hydrogens (tertiary/aromatic N) is 2. The van der Waals surface area contributed by atoms with Gasteiger partial charge in [-0.3, -0.25) is 9.59 Å². The summed E-state index contributed by atoms with van der Waals surface area (Å²) in [5.74, 6) is -2.03. The maximum absolute atomic E-state index is 12.0. The molecule has 1 fully saturated rings. The van der Waals surface area contributed by atoms with E-state index >= 15 is 0 Å². The Morgan fingerprint density at radius 3 is 2.52 bits per heavy atom. The number of piperazine rings is 1. The number of hydrogen-bond acceptors (Lipinski definition) is 4. The minimum Gasteiger partial charge on any atom is -0.475 e. The molecule has 0 spiro atoms. The first-order valence-electron chi connectivity index (χ1n) is 6.73. The van der Waals surface area contributed by atoms with Gasteiger partial charge in [-0.2, -0.15) is 0 Å². The molecule has 0 aromatic carbocycles. The zero-order valence-electron chi connectivity index (χ0n) is 12.3. The minimum atomic E-state index is -1.15. The Morgan fingerprint density at radius 2 is 2.00 bits per heavy atom. The molecule has 1 aromatic rings. The van der Waals surface area contributed by atoms with Gasteiger partial charge in [-0.1, -0.05) is 0 Å². The van der Waals surface area contributed by atoms with E-state index in [2.05, 4.69) is 0 Å². The van der Waals surface area contributed by atoms with E-state index in [1.807, 2.05) is 13.8 Å². The number of carboxylic acids is 1. The Balaban J connectivity index is 2.11. The molecule has 0 bridgehead atoms. The van der Waals surface area contributed by atoms with Crippen LogP contribution < -0.4 is 0 Å². The zero-order valence-corrected chi connectivity index (χ0v) is 12.3. The third-order valence-electron chi connectivity index (χ3n) is 3.47. The maximum atomic E-state index is 12.0. The molecule has 1 aliphatic heterocycles. The van der Waals surface area contributed by atoms with Crippen molar-refractivity contribution in [2.75, 3.05) is 13.1 Å². The Hall–Kier alpha value is -2.31. The van der Waals surface area contributed by atoms with E-state index in [9.17, 15) is 14.4 Å². The highest BCUT2D eigenvalue weighted by Crippen LogP contribution is 2.18. The van der Waals surface area contributed by atoms with E-state index in [1.165, 1.54) is 9.80 Å². The third kappa shape index (κ3) is 2.91. The van der Waals surface area contributed by atoms with E-state index in [0.717, 1.165) is 0 Å². The highest BCUT2D eigenvalue weighted by Gasteiger charge is 2.34. The number of hydrogen-bond donors (Lipinski definition) is 1. The highest BCUT2D eigenvalue weighted by molar-refractivity contribution is 6.35. The average Bonchev–Trinajstić information content (AvgIpc) is 2.76. The predicted octanol–water partition coefficient (Wildman–Crippen LogP) is 0.865. The molecule has 1 N–H and O–H groups in total. The monoisotopic (exact) mass is 294 g/mol. The number of aryl methyl sites for hydroxylation is 1. The molecule has 0 radical (unpaired) electrons. The van der Waals surface area contributed by atoms with Crippen molar-refractivity contribution >= 4 is 17.8 Å². The van der Waals surface area contributed by atoms with Gasteiger partial charge in [0.05, 0.1) is 6.54 Å². The van der Waals surface area contributed by atoms with Crippen LogP contribution in [0.3, 0.4) is 0 Å².